The van der Waals surface area contributed by atoms with Crippen molar-refractivity contribution >= 4 is 5.69 Å². The average Bonchev–Trinajstić information content (AvgIpc) is 2.69. The SMILES string of the molecule is [C-]#[N+]C1=C(C)Nc2c(C)cnc(OCC)c2C1c1ccc(C#N)cc1OC. The molecule has 1 aliphatic heterocycles. The number of allylic oxidation sites excluding steroid dienone is 2. The van der Waals surface area contributed by atoms with Gasteiger partial charge in [0.05, 0.1) is 37.8 Å². The fraction of sp³-hybridized carbons (Fsp3) is 0.286. The third-order valence-electron chi connectivity index (χ3n) is 4.60. The summed E-state index contributed by atoms with van der Waals surface area (Å²) in [5.41, 5.74) is 5.32. The molecule has 27 heavy (non-hydrogen) atoms. The van der Waals surface area contributed by atoms with Crippen LogP contribution in [0.25, 0.3) is 4.85 Å². The Morgan fingerprint density at radius 3 is 2.78 bits per heavy atom. The summed E-state index contributed by atoms with van der Waals surface area (Å²) < 4.78 is 11.3. The summed E-state index contributed by atoms with van der Waals surface area (Å²) in [6.07, 6.45) is 1.76. The van der Waals surface area contributed by atoms with E-state index in [0.717, 1.165) is 28.1 Å². The van der Waals surface area contributed by atoms with Crippen molar-refractivity contribution in [2.24, 2.45) is 0 Å². The van der Waals surface area contributed by atoms with Crippen molar-refractivity contribution in [2.45, 2.75) is 26.7 Å². The van der Waals surface area contributed by atoms with E-state index in [1.54, 1.807) is 25.4 Å². The fourth-order valence-corrected chi connectivity index (χ4v) is 3.37. The zero-order chi connectivity index (χ0) is 19.6. The summed E-state index contributed by atoms with van der Waals surface area (Å²) in [6.45, 7) is 14.0. The molecule has 6 nitrogen and oxygen atoms in total. The van der Waals surface area contributed by atoms with E-state index in [-0.39, 0.29) is 0 Å². The number of fused-ring (bicyclic) bond motifs is 1. The molecule has 1 unspecified atom stereocenters. The van der Waals surface area contributed by atoms with Crippen LogP contribution < -0.4 is 14.8 Å². The molecule has 6 heteroatoms. The number of nitrogens with zero attached hydrogens (tertiary/aromatic N) is 3. The van der Waals surface area contributed by atoms with Crippen molar-refractivity contribution in [1.82, 2.24) is 4.98 Å². The van der Waals surface area contributed by atoms with E-state index in [1.807, 2.05) is 26.8 Å². The molecule has 0 radical (unpaired) electrons. The minimum atomic E-state index is -0.393. The molecule has 0 bridgehead atoms. The lowest BCUT2D eigenvalue weighted by Crippen LogP contribution is -2.19. The number of nitriles is 1. The first-order chi connectivity index (χ1) is 13.0. The predicted molar refractivity (Wildman–Crippen MR) is 103 cm³/mol. The Hall–Kier alpha value is -3.51. The second kappa shape index (κ2) is 7.39. The first-order valence-corrected chi connectivity index (χ1v) is 8.61. The molecule has 0 saturated carbocycles. The third-order valence-corrected chi connectivity index (χ3v) is 4.60. The van der Waals surface area contributed by atoms with Crippen LogP contribution in [0.5, 0.6) is 11.6 Å². The van der Waals surface area contributed by atoms with Crippen molar-refractivity contribution < 1.29 is 9.47 Å². The van der Waals surface area contributed by atoms with Gasteiger partial charge in [-0.1, -0.05) is 6.07 Å². The van der Waals surface area contributed by atoms with E-state index < -0.39 is 5.92 Å². The van der Waals surface area contributed by atoms with Gasteiger partial charge in [-0.3, -0.25) is 0 Å². The van der Waals surface area contributed by atoms with E-state index in [2.05, 4.69) is 21.2 Å². The van der Waals surface area contributed by atoms with Crippen molar-refractivity contribution in [1.29, 1.82) is 5.26 Å². The van der Waals surface area contributed by atoms with Crippen molar-refractivity contribution in [3.63, 3.8) is 0 Å². The molecule has 136 valence electrons. The molecule has 1 atom stereocenters. The molecular formula is C21H20N4O2. The summed E-state index contributed by atoms with van der Waals surface area (Å²) in [5, 5.41) is 12.5. The number of aromatic nitrogens is 1. The van der Waals surface area contributed by atoms with Crippen molar-refractivity contribution in [2.75, 3.05) is 19.0 Å². The molecule has 0 saturated heterocycles. The molecule has 0 spiro atoms. The zero-order valence-corrected chi connectivity index (χ0v) is 15.8. The van der Waals surface area contributed by atoms with Gasteiger partial charge in [-0.2, -0.15) is 5.26 Å². The van der Waals surface area contributed by atoms with Crippen LogP contribution in [0.3, 0.4) is 0 Å². The van der Waals surface area contributed by atoms with Gasteiger partial charge in [-0.15, -0.1) is 0 Å². The molecule has 1 aromatic heterocycles. The topological polar surface area (TPSA) is 71.5 Å². The molecule has 2 heterocycles. The predicted octanol–water partition coefficient (Wildman–Crippen LogP) is 4.38. The average molecular weight is 360 g/mol. The van der Waals surface area contributed by atoms with Crippen LogP contribution in [-0.2, 0) is 0 Å². The summed E-state index contributed by atoms with van der Waals surface area (Å²) in [4.78, 5) is 8.26. The molecule has 1 aromatic carbocycles. The highest BCUT2D eigenvalue weighted by Gasteiger charge is 2.35. The molecule has 0 amide bonds. The number of pyridine rings is 1. The van der Waals surface area contributed by atoms with Crippen LogP contribution in [-0.4, -0.2) is 18.7 Å². The molecule has 2 aromatic rings. The molecule has 1 N–H and O–H groups in total. The molecule has 0 aliphatic carbocycles. The van der Waals surface area contributed by atoms with Gasteiger partial charge < -0.3 is 14.8 Å². The smallest absolute Gasteiger partial charge is 0.218 e. The van der Waals surface area contributed by atoms with Gasteiger partial charge in [0, 0.05) is 23.1 Å². The van der Waals surface area contributed by atoms with E-state index in [0.29, 0.717) is 29.5 Å². The van der Waals surface area contributed by atoms with E-state index in [1.165, 1.54) is 0 Å². The number of hydrogen-bond acceptors (Lipinski definition) is 5. The standard InChI is InChI=1S/C21H20N4O2/c1-6-27-21-18-17(15-8-7-14(10-22)9-16(15)26-5)20(23-4)13(3)25-19(18)12(2)11-24-21/h7-9,11,17,25H,6H2,1-3,5H3. The van der Waals surface area contributed by atoms with E-state index in [9.17, 15) is 5.26 Å². The Morgan fingerprint density at radius 1 is 1.37 bits per heavy atom. The van der Waals surface area contributed by atoms with Gasteiger partial charge in [0.2, 0.25) is 5.88 Å². The second-order valence-electron chi connectivity index (χ2n) is 6.22. The van der Waals surface area contributed by atoms with Crippen LogP contribution in [0, 0.1) is 24.8 Å². The van der Waals surface area contributed by atoms with Crippen molar-refractivity contribution in [3.05, 3.63) is 69.5 Å². The number of aryl methyl sites for hydroxylation is 1. The van der Waals surface area contributed by atoms with Crippen LogP contribution >= 0.6 is 0 Å². The number of anilines is 1. The number of ether oxygens (including phenoxy) is 2. The lowest BCUT2D eigenvalue weighted by Gasteiger charge is -2.31. The minimum absolute atomic E-state index is 0.393. The van der Waals surface area contributed by atoms with E-state index >= 15 is 0 Å². The number of rotatable bonds is 4. The number of benzene rings is 1. The maximum absolute atomic E-state index is 9.20. The van der Waals surface area contributed by atoms with Gasteiger partial charge in [0.25, 0.3) is 0 Å². The Labute approximate surface area is 158 Å². The Morgan fingerprint density at radius 2 is 2.15 bits per heavy atom. The highest BCUT2D eigenvalue weighted by atomic mass is 16.5. The van der Waals surface area contributed by atoms with Crippen LogP contribution in [0.2, 0.25) is 0 Å². The largest absolute Gasteiger partial charge is 0.496 e. The molecule has 0 fully saturated rings. The van der Waals surface area contributed by atoms with Crippen LogP contribution in [0.15, 0.2) is 35.8 Å². The highest BCUT2D eigenvalue weighted by Crippen LogP contribution is 2.49. The Balaban J connectivity index is 2.34. The van der Waals surface area contributed by atoms with Gasteiger partial charge >= 0.3 is 0 Å². The number of nitrogens with one attached hydrogen (secondary N) is 1. The van der Waals surface area contributed by atoms with E-state index in [4.69, 9.17) is 16.0 Å². The second-order valence-corrected chi connectivity index (χ2v) is 6.22. The summed E-state index contributed by atoms with van der Waals surface area (Å²) in [7, 11) is 1.56. The first kappa shape index (κ1) is 18.3. The summed E-state index contributed by atoms with van der Waals surface area (Å²) in [6, 6.07) is 7.39. The molecule has 3 rings (SSSR count). The minimum Gasteiger partial charge on any atom is -0.496 e. The lowest BCUT2D eigenvalue weighted by molar-refractivity contribution is 0.322. The maximum atomic E-state index is 9.20. The highest BCUT2D eigenvalue weighted by molar-refractivity contribution is 5.72. The Bertz CT molecular complexity index is 1010. The first-order valence-electron chi connectivity index (χ1n) is 8.61. The molecular weight excluding hydrogens is 340 g/mol. The molecule has 1 aliphatic rings. The van der Waals surface area contributed by atoms with Crippen LogP contribution in [0.4, 0.5) is 5.69 Å². The fourth-order valence-electron chi connectivity index (χ4n) is 3.37. The maximum Gasteiger partial charge on any atom is 0.218 e. The quantitative estimate of drug-likeness (QED) is 0.820. The third kappa shape index (κ3) is 3.07. The zero-order valence-electron chi connectivity index (χ0n) is 15.8. The summed E-state index contributed by atoms with van der Waals surface area (Å²) in [5.74, 6) is 0.663. The Kier molecular flexibility index (Phi) is 5.00. The normalized spacial score (nSPS) is 15.3. The monoisotopic (exact) mass is 360 g/mol. The summed E-state index contributed by atoms with van der Waals surface area (Å²) >= 11 is 0. The van der Waals surface area contributed by atoms with Gasteiger partial charge in [-0.25, -0.2) is 9.83 Å². The van der Waals surface area contributed by atoms with Crippen LogP contribution in [0.1, 0.15) is 42.0 Å². The van der Waals surface area contributed by atoms with Crippen molar-refractivity contribution in [3.8, 4) is 17.7 Å². The van der Waals surface area contributed by atoms with Gasteiger partial charge in [-0.05, 0) is 44.0 Å². The number of hydrogen-bond donors (Lipinski definition) is 1. The number of methoxy groups -OCH3 is 1. The van der Waals surface area contributed by atoms with Gasteiger partial charge in [0.15, 0.2) is 5.70 Å². The lowest BCUT2D eigenvalue weighted by atomic mass is 9.83. The van der Waals surface area contributed by atoms with Gasteiger partial charge in [0.1, 0.15) is 5.75 Å².